The average molecular weight is 227 g/mol. The van der Waals surface area contributed by atoms with Gasteiger partial charge in [0.1, 0.15) is 5.60 Å². The maximum absolute atomic E-state index is 11.9. The second-order valence-electron chi connectivity index (χ2n) is 5.82. The number of likely N-dealkylation sites (tertiary alicyclic amines) is 1. The third kappa shape index (κ3) is 2.17. The zero-order valence-corrected chi connectivity index (χ0v) is 10.3. The van der Waals surface area contributed by atoms with E-state index in [1.165, 1.54) is 0 Å². The summed E-state index contributed by atoms with van der Waals surface area (Å²) in [5.74, 6) is 0.793. The molecule has 0 spiro atoms. The number of hydrogen-bond acceptors (Lipinski definition) is 3. The highest BCUT2D eigenvalue weighted by molar-refractivity contribution is 5.69. The highest BCUT2D eigenvalue weighted by Crippen LogP contribution is 2.49. The molecule has 0 aromatic carbocycles. The molecule has 1 saturated carbocycles. The number of fused-ring (bicyclic) bond motifs is 1. The first-order valence-electron chi connectivity index (χ1n) is 6.04. The van der Waals surface area contributed by atoms with Crippen LogP contribution in [0, 0.1) is 11.8 Å². The number of rotatable bonds is 1. The van der Waals surface area contributed by atoms with Crippen LogP contribution in [-0.2, 0) is 4.74 Å². The van der Waals surface area contributed by atoms with E-state index in [0.717, 1.165) is 19.4 Å². The van der Waals surface area contributed by atoms with Crippen LogP contribution in [0.15, 0.2) is 0 Å². The van der Waals surface area contributed by atoms with Gasteiger partial charge in [0.05, 0.1) is 0 Å². The number of carbonyl (C=O) groups is 1. The van der Waals surface area contributed by atoms with Crippen molar-refractivity contribution in [1.29, 1.82) is 0 Å². The van der Waals surface area contributed by atoms with Gasteiger partial charge >= 0.3 is 6.09 Å². The predicted octanol–water partition coefficient (Wildman–Crippen LogP) is 1.62. The van der Waals surface area contributed by atoms with E-state index in [1.807, 2.05) is 20.8 Å². The molecule has 0 radical (unpaired) electrons. The Morgan fingerprint density at radius 2 is 2.19 bits per heavy atom. The van der Waals surface area contributed by atoms with E-state index in [2.05, 4.69) is 0 Å². The van der Waals surface area contributed by atoms with Crippen molar-refractivity contribution in [3.8, 4) is 0 Å². The number of piperidine rings is 1. The van der Waals surface area contributed by atoms with Gasteiger partial charge in [0.2, 0.25) is 0 Å². The van der Waals surface area contributed by atoms with E-state index >= 15 is 0 Å². The Morgan fingerprint density at radius 3 is 2.75 bits per heavy atom. The number of ether oxygens (including phenoxy) is 1. The second kappa shape index (κ2) is 3.91. The first-order chi connectivity index (χ1) is 7.44. The molecule has 2 rings (SSSR count). The first kappa shape index (κ1) is 11.7. The lowest BCUT2D eigenvalue weighted by atomic mass is 10.1. The molecule has 2 aliphatic rings. The summed E-state index contributed by atoms with van der Waals surface area (Å²) in [6.07, 6.45) is 1.93. The summed E-state index contributed by atoms with van der Waals surface area (Å²) in [6, 6.07) is 0.230. The Hall–Kier alpha value is -0.770. The van der Waals surface area contributed by atoms with Gasteiger partial charge in [-0.25, -0.2) is 4.79 Å². The van der Waals surface area contributed by atoms with Gasteiger partial charge in [-0.3, -0.25) is 0 Å². The molecule has 1 saturated heterocycles. The van der Waals surface area contributed by atoms with Gasteiger partial charge < -0.3 is 14.7 Å². The van der Waals surface area contributed by atoms with Gasteiger partial charge in [0, 0.05) is 25.1 Å². The van der Waals surface area contributed by atoms with E-state index in [-0.39, 0.29) is 24.7 Å². The lowest BCUT2D eigenvalue weighted by Crippen LogP contribution is -2.41. The van der Waals surface area contributed by atoms with Crippen LogP contribution in [0.25, 0.3) is 0 Å². The molecule has 16 heavy (non-hydrogen) atoms. The SMILES string of the molecule is CC(C)(C)OC(=O)N1CCCC2C(CO)C21. The fraction of sp³-hybridized carbons (Fsp3) is 0.917. The fourth-order valence-corrected chi connectivity index (χ4v) is 2.70. The van der Waals surface area contributed by atoms with Crippen LogP contribution in [0.5, 0.6) is 0 Å². The van der Waals surface area contributed by atoms with Crippen molar-refractivity contribution in [1.82, 2.24) is 4.90 Å². The Kier molecular flexibility index (Phi) is 2.86. The molecule has 3 unspecified atom stereocenters. The monoisotopic (exact) mass is 227 g/mol. The van der Waals surface area contributed by atoms with Crippen molar-refractivity contribution in [2.75, 3.05) is 13.2 Å². The molecule has 4 heteroatoms. The van der Waals surface area contributed by atoms with Gasteiger partial charge in [-0.1, -0.05) is 0 Å². The van der Waals surface area contributed by atoms with Gasteiger partial charge in [-0.05, 0) is 39.5 Å². The molecule has 0 aromatic heterocycles. The summed E-state index contributed by atoms with van der Waals surface area (Å²) in [6.45, 7) is 6.59. The third-order valence-corrected chi connectivity index (χ3v) is 3.42. The molecule has 4 nitrogen and oxygen atoms in total. The third-order valence-electron chi connectivity index (χ3n) is 3.42. The molecule has 1 N–H and O–H groups in total. The van der Waals surface area contributed by atoms with Crippen molar-refractivity contribution in [3.05, 3.63) is 0 Å². The number of aliphatic hydroxyl groups excluding tert-OH is 1. The van der Waals surface area contributed by atoms with E-state index < -0.39 is 5.60 Å². The first-order valence-corrected chi connectivity index (χ1v) is 6.04. The van der Waals surface area contributed by atoms with Crippen LogP contribution in [0.4, 0.5) is 4.79 Å². The molecule has 0 aromatic rings. The summed E-state index contributed by atoms with van der Waals surface area (Å²) >= 11 is 0. The van der Waals surface area contributed by atoms with Crippen LogP contribution in [0.3, 0.4) is 0 Å². The van der Waals surface area contributed by atoms with Crippen LogP contribution in [0.2, 0.25) is 0 Å². The van der Waals surface area contributed by atoms with Gasteiger partial charge in [0.25, 0.3) is 0 Å². The second-order valence-corrected chi connectivity index (χ2v) is 5.82. The number of nitrogens with zero attached hydrogens (tertiary/aromatic N) is 1. The van der Waals surface area contributed by atoms with Crippen molar-refractivity contribution < 1.29 is 14.6 Å². The number of carbonyl (C=O) groups excluding carboxylic acids is 1. The summed E-state index contributed by atoms with van der Waals surface area (Å²) < 4.78 is 5.37. The topological polar surface area (TPSA) is 49.8 Å². The predicted molar refractivity (Wildman–Crippen MR) is 60.0 cm³/mol. The molecule has 1 aliphatic carbocycles. The highest BCUT2D eigenvalue weighted by Gasteiger charge is 2.56. The summed E-state index contributed by atoms with van der Waals surface area (Å²) in [7, 11) is 0. The quantitative estimate of drug-likeness (QED) is 0.740. The summed E-state index contributed by atoms with van der Waals surface area (Å²) in [4.78, 5) is 13.7. The van der Waals surface area contributed by atoms with Crippen molar-refractivity contribution >= 4 is 6.09 Å². The molecule has 3 atom stereocenters. The molecule has 1 heterocycles. The average Bonchev–Trinajstić information content (AvgIpc) is 2.87. The minimum atomic E-state index is -0.437. The maximum atomic E-state index is 11.9. The minimum absolute atomic E-state index is 0.189. The fourth-order valence-electron chi connectivity index (χ4n) is 2.70. The van der Waals surface area contributed by atoms with Gasteiger partial charge in [-0.15, -0.1) is 0 Å². The van der Waals surface area contributed by atoms with Crippen LogP contribution >= 0.6 is 0 Å². The number of aliphatic hydroxyl groups is 1. The largest absolute Gasteiger partial charge is 0.444 e. The summed E-state index contributed by atoms with van der Waals surface area (Å²) in [5, 5.41) is 9.19. The standard InChI is InChI=1S/C12H21NO3/c1-12(2,3)16-11(15)13-6-4-5-8-9(7-14)10(8)13/h8-10,14H,4-7H2,1-3H3. The van der Waals surface area contributed by atoms with Crippen molar-refractivity contribution in [3.63, 3.8) is 0 Å². The molecular weight excluding hydrogens is 206 g/mol. The van der Waals surface area contributed by atoms with E-state index in [9.17, 15) is 9.90 Å². The molecular formula is C12H21NO3. The number of hydrogen-bond donors (Lipinski definition) is 1. The summed E-state index contributed by atoms with van der Waals surface area (Å²) in [5.41, 5.74) is -0.437. The lowest BCUT2D eigenvalue weighted by molar-refractivity contribution is 0.0185. The van der Waals surface area contributed by atoms with E-state index in [4.69, 9.17) is 4.74 Å². The van der Waals surface area contributed by atoms with Crippen LogP contribution < -0.4 is 0 Å². The van der Waals surface area contributed by atoms with Crippen molar-refractivity contribution in [2.24, 2.45) is 11.8 Å². The van der Waals surface area contributed by atoms with Crippen LogP contribution in [-0.4, -0.2) is 40.9 Å². The lowest BCUT2D eigenvalue weighted by Gasteiger charge is -2.30. The van der Waals surface area contributed by atoms with Crippen LogP contribution in [0.1, 0.15) is 33.6 Å². The highest BCUT2D eigenvalue weighted by atomic mass is 16.6. The van der Waals surface area contributed by atoms with Gasteiger partial charge in [-0.2, -0.15) is 0 Å². The normalized spacial score (nSPS) is 33.2. The Bertz CT molecular complexity index is 280. The number of amides is 1. The van der Waals surface area contributed by atoms with E-state index in [1.54, 1.807) is 4.90 Å². The molecule has 1 aliphatic heterocycles. The van der Waals surface area contributed by atoms with E-state index in [0.29, 0.717) is 5.92 Å². The van der Waals surface area contributed by atoms with Crippen molar-refractivity contribution in [2.45, 2.75) is 45.3 Å². The van der Waals surface area contributed by atoms with Gasteiger partial charge in [0.15, 0.2) is 0 Å². The Labute approximate surface area is 96.6 Å². The zero-order chi connectivity index (χ0) is 11.9. The zero-order valence-electron chi connectivity index (χ0n) is 10.3. The smallest absolute Gasteiger partial charge is 0.410 e. The molecule has 92 valence electrons. The molecule has 2 fully saturated rings. The minimum Gasteiger partial charge on any atom is -0.444 e. The Balaban J connectivity index is 1.97. The molecule has 0 bridgehead atoms. The maximum Gasteiger partial charge on any atom is 0.410 e. The molecule has 1 amide bonds. The Morgan fingerprint density at radius 1 is 1.50 bits per heavy atom.